The fraction of sp³-hybridized carbons (Fsp3) is 0. The van der Waals surface area contributed by atoms with E-state index >= 15 is 0 Å². The molecule has 0 fully saturated rings. The molecule has 0 saturated carbocycles. The van der Waals surface area contributed by atoms with Crippen LogP contribution in [-0.2, 0) is 0 Å². The zero-order valence-corrected chi connectivity index (χ0v) is 8.13. The Morgan fingerprint density at radius 1 is 0.867 bits per heavy atom. The van der Waals surface area contributed by atoms with Crippen molar-refractivity contribution in [3.63, 3.8) is 0 Å². The normalized spacial score (nSPS) is 10.7. The number of hydrogen-bond acceptors (Lipinski definition) is 1. The highest BCUT2D eigenvalue weighted by atomic mass is 16.3. The summed E-state index contributed by atoms with van der Waals surface area (Å²) in [5, 5.41) is 0. The first-order chi connectivity index (χ1) is 7.43. The fourth-order valence-electron chi connectivity index (χ4n) is 1.63. The minimum atomic E-state index is 0.858. The Hall–Kier alpha value is -2.09. The van der Waals surface area contributed by atoms with Crippen LogP contribution in [0.5, 0.6) is 0 Å². The molecule has 0 bridgehead atoms. The Morgan fingerprint density at radius 3 is 2.47 bits per heavy atom. The monoisotopic (exact) mass is 196 g/mol. The van der Waals surface area contributed by atoms with Crippen molar-refractivity contribution < 1.29 is 8.82 Å². The largest absolute Gasteiger partial charge is 0.398 e. The quantitative estimate of drug-likeness (QED) is 0.547. The molecule has 2 nitrogen and oxygen atoms in total. The minimum absolute atomic E-state index is 0.858. The molecular weight excluding hydrogens is 186 g/mol. The molecule has 0 amide bonds. The summed E-state index contributed by atoms with van der Waals surface area (Å²) in [5.74, 6) is 0.891. The number of benzene rings is 1. The smallest absolute Gasteiger partial charge is 0.379 e. The van der Waals surface area contributed by atoms with Gasteiger partial charge >= 0.3 is 5.71 Å². The SMILES string of the molecule is c1ccc(-c2c[n+]3ccccc3o2)cc1. The lowest BCUT2D eigenvalue weighted by molar-refractivity contribution is -0.513. The van der Waals surface area contributed by atoms with E-state index in [0.29, 0.717) is 0 Å². The van der Waals surface area contributed by atoms with E-state index in [-0.39, 0.29) is 0 Å². The molecule has 0 aliphatic carbocycles. The number of fused-ring (bicyclic) bond motifs is 1. The fourth-order valence-corrected chi connectivity index (χ4v) is 1.63. The van der Waals surface area contributed by atoms with Crippen molar-refractivity contribution in [1.82, 2.24) is 0 Å². The summed E-state index contributed by atoms with van der Waals surface area (Å²) in [6.07, 6.45) is 3.97. The predicted octanol–water partition coefficient (Wildman–Crippen LogP) is 2.69. The van der Waals surface area contributed by atoms with Gasteiger partial charge in [0.05, 0.1) is 6.07 Å². The first kappa shape index (κ1) is 8.24. The molecule has 0 aliphatic heterocycles. The Kier molecular flexibility index (Phi) is 1.78. The van der Waals surface area contributed by atoms with Crippen LogP contribution in [0.1, 0.15) is 0 Å². The van der Waals surface area contributed by atoms with Crippen LogP contribution >= 0.6 is 0 Å². The van der Waals surface area contributed by atoms with E-state index in [1.807, 2.05) is 65.3 Å². The van der Waals surface area contributed by atoms with E-state index in [0.717, 1.165) is 17.0 Å². The Balaban J connectivity index is 2.21. The summed E-state index contributed by atoms with van der Waals surface area (Å²) in [7, 11) is 0. The summed E-state index contributed by atoms with van der Waals surface area (Å²) in [6.45, 7) is 0. The summed E-state index contributed by atoms with van der Waals surface area (Å²) in [6, 6.07) is 16.0. The van der Waals surface area contributed by atoms with Gasteiger partial charge in [0, 0.05) is 11.6 Å². The number of nitrogens with zero attached hydrogens (tertiary/aromatic N) is 1. The number of aromatic nitrogens is 1. The number of hydrogen-bond donors (Lipinski definition) is 0. The summed E-state index contributed by atoms with van der Waals surface area (Å²) >= 11 is 0. The second kappa shape index (κ2) is 3.24. The average molecular weight is 196 g/mol. The molecule has 2 heterocycles. The van der Waals surface area contributed by atoms with Gasteiger partial charge in [-0.2, -0.15) is 0 Å². The maximum Gasteiger partial charge on any atom is 0.379 e. The van der Waals surface area contributed by atoms with Crippen molar-refractivity contribution in [3.8, 4) is 11.3 Å². The molecule has 1 aromatic carbocycles. The van der Waals surface area contributed by atoms with Crippen LogP contribution in [0, 0.1) is 0 Å². The van der Waals surface area contributed by atoms with Crippen LogP contribution in [0.25, 0.3) is 17.0 Å². The van der Waals surface area contributed by atoms with E-state index in [4.69, 9.17) is 4.42 Å². The van der Waals surface area contributed by atoms with Gasteiger partial charge in [0.1, 0.15) is 0 Å². The molecule has 0 radical (unpaired) electrons. The number of pyridine rings is 1. The van der Waals surface area contributed by atoms with Crippen LogP contribution < -0.4 is 4.40 Å². The van der Waals surface area contributed by atoms with Gasteiger partial charge in [0.15, 0.2) is 6.20 Å². The van der Waals surface area contributed by atoms with Crippen molar-refractivity contribution in [2.24, 2.45) is 0 Å². The van der Waals surface area contributed by atoms with E-state index < -0.39 is 0 Å². The number of rotatable bonds is 1. The molecule has 0 N–H and O–H groups in total. The average Bonchev–Trinajstić information content (AvgIpc) is 2.74. The molecule has 3 aromatic rings. The standard InChI is InChI=1S/C13H10NO/c1-2-6-11(7-3-1)12-10-14-9-5-4-8-13(14)15-12/h1-10H/q+1. The molecule has 2 aromatic heterocycles. The van der Waals surface area contributed by atoms with Gasteiger partial charge in [-0.1, -0.05) is 30.3 Å². The first-order valence-corrected chi connectivity index (χ1v) is 4.89. The molecule has 2 heteroatoms. The highest BCUT2D eigenvalue weighted by Gasteiger charge is 2.11. The van der Waals surface area contributed by atoms with Crippen LogP contribution in [0.3, 0.4) is 0 Å². The lowest BCUT2D eigenvalue weighted by Gasteiger charge is -1.89. The molecule has 0 spiro atoms. The third-order valence-corrected chi connectivity index (χ3v) is 2.38. The Bertz CT molecular complexity index is 551. The molecule has 0 unspecified atom stereocenters. The summed E-state index contributed by atoms with van der Waals surface area (Å²) < 4.78 is 7.69. The van der Waals surface area contributed by atoms with Gasteiger partial charge in [0.2, 0.25) is 12.0 Å². The van der Waals surface area contributed by atoms with Gasteiger partial charge in [0.25, 0.3) is 0 Å². The van der Waals surface area contributed by atoms with Gasteiger partial charge in [-0.25, -0.2) is 0 Å². The molecule has 0 saturated heterocycles. The number of oxazole rings is 1. The van der Waals surface area contributed by atoms with Gasteiger partial charge in [-0.3, -0.25) is 0 Å². The molecule has 0 aliphatic rings. The van der Waals surface area contributed by atoms with E-state index in [9.17, 15) is 0 Å². The Morgan fingerprint density at radius 2 is 1.67 bits per heavy atom. The molecule has 72 valence electrons. The van der Waals surface area contributed by atoms with Crippen molar-refractivity contribution in [2.45, 2.75) is 0 Å². The molecule has 0 atom stereocenters. The van der Waals surface area contributed by atoms with Gasteiger partial charge in [-0.15, -0.1) is 4.40 Å². The maximum absolute atomic E-state index is 5.72. The lowest BCUT2D eigenvalue weighted by atomic mass is 10.2. The van der Waals surface area contributed by atoms with Gasteiger partial charge in [-0.05, 0) is 6.07 Å². The third kappa shape index (κ3) is 1.40. The van der Waals surface area contributed by atoms with Crippen molar-refractivity contribution in [2.75, 3.05) is 0 Å². The van der Waals surface area contributed by atoms with Crippen LogP contribution in [0.4, 0.5) is 0 Å². The van der Waals surface area contributed by atoms with Crippen molar-refractivity contribution >= 4 is 5.71 Å². The second-order valence-corrected chi connectivity index (χ2v) is 3.41. The zero-order valence-electron chi connectivity index (χ0n) is 8.13. The van der Waals surface area contributed by atoms with E-state index in [2.05, 4.69) is 0 Å². The van der Waals surface area contributed by atoms with Gasteiger partial charge < -0.3 is 4.42 Å². The van der Waals surface area contributed by atoms with E-state index in [1.54, 1.807) is 0 Å². The highest BCUT2D eigenvalue weighted by Crippen LogP contribution is 2.18. The molecule has 15 heavy (non-hydrogen) atoms. The summed E-state index contributed by atoms with van der Waals surface area (Å²) in [5.41, 5.74) is 1.96. The van der Waals surface area contributed by atoms with Crippen LogP contribution in [0.2, 0.25) is 0 Å². The first-order valence-electron chi connectivity index (χ1n) is 4.89. The van der Waals surface area contributed by atoms with E-state index in [1.165, 1.54) is 0 Å². The summed E-state index contributed by atoms with van der Waals surface area (Å²) in [4.78, 5) is 0. The minimum Gasteiger partial charge on any atom is -0.398 e. The predicted molar refractivity (Wildman–Crippen MR) is 57.3 cm³/mol. The molecular formula is C13H10NO+. The van der Waals surface area contributed by atoms with Crippen LogP contribution in [0.15, 0.2) is 65.3 Å². The van der Waals surface area contributed by atoms with Crippen molar-refractivity contribution in [1.29, 1.82) is 0 Å². The Labute approximate surface area is 87.4 Å². The molecule has 3 rings (SSSR count). The highest BCUT2D eigenvalue weighted by molar-refractivity contribution is 5.56. The van der Waals surface area contributed by atoms with Crippen LogP contribution in [-0.4, -0.2) is 0 Å². The maximum atomic E-state index is 5.72. The second-order valence-electron chi connectivity index (χ2n) is 3.41. The topological polar surface area (TPSA) is 17.2 Å². The van der Waals surface area contributed by atoms with Crippen molar-refractivity contribution in [3.05, 3.63) is 60.9 Å². The lowest BCUT2D eigenvalue weighted by Crippen LogP contribution is -2.15. The third-order valence-electron chi connectivity index (χ3n) is 2.38. The zero-order chi connectivity index (χ0) is 10.1.